The van der Waals surface area contributed by atoms with Crippen molar-refractivity contribution < 1.29 is 14.0 Å². The van der Waals surface area contributed by atoms with E-state index in [0.29, 0.717) is 29.5 Å². The van der Waals surface area contributed by atoms with Crippen LogP contribution in [-0.4, -0.2) is 26.9 Å². The Hall–Kier alpha value is -4.07. The summed E-state index contributed by atoms with van der Waals surface area (Å²) in [5, 5.41) is 11.1. The molecular formula is C31H32FN5O2. The lowest BCUT2D eigenvalue weighted by atomic mass is 9.72. The number of rotatable bonds is 7. The van der Waals surface area contributed by atoms with Gasteiger partial charge >= 0.3 is 0 Å². The number of hydrogen-bond acceptors (Lipinski definition) is 5. The van der Waals surface area contributed by atoms with Gasteiger partial charge in [-0.15, -0.1) is 0 Å². The quantitative estimate of drug-likeness (QED) is 0.366. The third-order valence-corrected chi connectivity index (χ3v) is 8.32. The molecule has 0 saturated heterocycles. The Morgan fingerprint density at radius 2 is 1.95 bits per heavy atom. The standard InChI is InChI=1S/C31H32FN5O2/c1-16(2)20-13-24-27(25(38)14-20)23(28-29(36-37-31(28)35-24)26(30(33)39)17-6-7-17)11-10-22-9-8-19(15-34-22)18-4-3-5-21(32)12-18/h3-5,8-12,15-17,20,23,26H,6-7,13-14H2,1-2H3,(H2,33,39)(H2,35,36,37)/b11-10+. The van der Waals surface area contributed by atoms with Gasteiger partial charge in [0.1, 0.15) is 5.82 Å². The summed E-state index contributed by atoms with van der Waals surface area (Å²) in [6.07, 6.45) is 8.75. The highest BCUT2D eigenvalue weighted by Gasteiger charge is 2.44. The molecule has 3 unspecified atom stereocenters. The topological polar surface area (TPSA) is 114 Å². The van der Waals surface area contributed by atoms with Gasteiger partial charge in [-0.2, -0.15) is 5.10 Å². The highest BCUT2D eigenvalue weighted by atomic mass is 19.1. The van der Waals surface area contributed by atoms with Gasteiger partial charge in [0.2, 0.25) is 5.91 Å². The summed E-state index contributed by atoms with van der Waals surface area (Å²) in [4.78, 5) is 30.7. The number of amides is 1. The number of aromatic amines is 1. The lowest BCUT2D eigenvalue weighted by molar-refractivity contribution is -0.120. The summed E-state index contributed by atoms with van der Waals surface area (Å²) in [5.41, 5.74) is 11.3. The van der Waals surface area contributed by atoms with Gasteiger partial charge in [-0.25, -0.2) is 4.39 Å². The number of carbonyl (C=O) groups excluding carboxylic acids is 2. The van der Waals surface area contributed by atoms with Crippen LogP contribution in [0, 0.1) is 23.6 Å². The molecule has 200 valence electrons. The SMILES string of the molecule is CC(C)C1CC(=O)C2=C(C1)Nc1n[nH]c(C(C(N)=O)C3CC3)c1C2/C=C/c1ccc(-c2cccc(F)c2)cn1. The van der Waals surface area contributed by atoms with Gasteiger partial charge in [0.25, 0.3) is 0 Å². The van der Waals surface area contributed by atoms with Crippen LogP contribution < -0.4 is 11.1 Å². The molecule has 4 N–H and O–H groups in total. The Bertz CT molecular complexity index is 1500. The second-order valence-electron chi connectivity index (χ2n) is 11.3. The molecule has 0 radical (unpaired) electrons. The number of hydrogen-bond donors (Lipinski definition) is 3. The summed E-state index contributed by atoms with van der Waals surface area (Å²) >= 11 is 0. The van der Waals surface area contributed by atoms with Crippen molar-refractivity contribution in [1.29, 1.82) is 0 Å². The van der Waals surface area contributed by atoms with Crippen LogP contribution >= 0.6 is 0 Å². The maximum atomic E-state index is 13.7. The molecule has 2 aromatic heterocycles. The highest BCUT2D eigenvalue weighted by Crippen LogP contribution is 2.50. The van der Waals surface area contributed by atoms with E-state index in [4.69, 9.17) is 5.73 Å². The normalized spacial score (nSPS) is 21.6. The molecule has 0 bridgehead atoms. The summed E-state index contributed by atoms with van der Waals surface area (Å²) < 4.78 is 13.7. The first kappa shape index (κ1) is 25.2. The first-order valence-electron chi connectivity index (χ1n) is 13.6. The average molecular weight is 526 g/mol. The fourth-order valence-electron chi connectivity index (χ4n) is 5.98. The minimum Gasteiger partial charge on any atom is -0.369 e. The van der Waals surface area contributed by atoms with Crippen molar-refractivity contribution in [2.75, 3.05) is 5.32 Å². The highest BCUT2D eigenvalue weighted by molar-refractivity contribution is 6.01. The summed E-state index contributed by atoms with van der Waals surface area (Å²) in [5.74, 6) is 0.0778. The Kier molecular flexibility index (Phi) is 6.41. The van der Waals surface area contributed by atoms with E-state index in [1.54, 1.807) is 12.3 Å². The molecule has 3 aliphatic rings. The van der Waals surface area contributed by atoms with E-state index in [9.17, 15) is 14.0 Å². The average Bonchev–Trinajstić information content (AvgIpc) is 3.66. The van der Waals surface area contributed by atoms with Crippen molar-refractivity contribution in [2.45, 2.75) is 51.4 Å². The van der Waals surface area contributed by atoms with Crippen LogP contribution in [0.3, 0.4) is 0 Å². The van der Waals surface area contributed by atoms with E-state index in [1.807, 2.05) is 30.4 Å². The number of Topliss-reactive ketones (excluding diaryl/α,β-unsaturated/α-hetero) is 1. The molecule has 6 rings (SSSR count). The van der Waals surface area contributed by atoms with Gasteiger partial charge in [-0.1, -0.05) is 38.1 Å². The maximum Gasteiger partial charge on any atom is 0.226 e. The molecule has 39 heavy (non-hydrogen) atoms. The van der Waals surface area contributed by atoms with Crippen molar-refractivity contribution in [1.82, 2.24) is 15.2 Å². The van der Waals surface area contributed by atoms with Gasteiger partial charge < -0.3 is 11.1 Å². The molecule has 1 aliphatic heterocycles. The monoisotopic (exact) mass is 525 g/mol. The zero-order valence-electron chi connectivity index (χ0n) is 22.1. The van der Waals surface area contributed by atoms with Gasteiger partial charge in [0.15, 0.2) is 11.6 Å². The first-order valence-corrected chi connectivity index (χ1v) is 13.6. The Morgan fingerprint density at radius 3 is 2.62 bits per heavy atom. The van der Waals surface area contributed by atoms with Crippen molar-refractivity contribution in [3.63, 3.8) is 0 Å². The number of anilines is 1. The van der Waals surface area contributed by atoms with Gasteiger partial charge in [-0.3, -0.25) is 19.7 Å². The minimum atomic E-state index is -0.466. The minimum absolute atomic E-state index is 0.117. The molecule has 1 amide bonds. The van der Waals surface area contributed by atoms with E-state index in [2.05, 4.69) is 34.3 Å². The number of nitrogens with zero attached hydrogens (tertiary/aromatic N) is 2. The number of fused-ring (bicyclic) bond motifs is 1. The number of aromatic nitrogens is 3. The number of primary amides is 1. The fraction of sp³-hybridized carbons (Fsp3) is 0.355. The Morgan fingerprint density at radius 1 is 1.13 bits per heavy atom. The van der Waals surface area contributed by atoms with Gasteiger partial charge in [-0.05, 0) is 66.9 Å². The van der Waals surface area contributed by atoms with Crippen LogP contribution in [0.5, 0.6) is 0 Å². The molecular weight excluding hydrogens is 493 g/mol. The molecule has 1 fully saturated rings. The number of ketones is 1. The number of H-pyrrole nitrogens is 1. The van der Waals surface area contributed by atoms with Crippen molar-refractivity contribution in [3.8, 4) is 11.1 Å². The molecule has 3 atom stereocenters. The van der Waals surface area contributed by atoms with Crippen LogP contribution in [0.25, 0.3) is 17.2 Å². The second kappa shape index (κ2) is 9.91. The molecule has 0 spiro atoms. The van der Waals surface area contributed by atoms with Gasteiger partial charge in [0, 0.05) is 40.9 Å². The lowest BCUT2D eigenvalue weighted by Crippen LogP contribution is -2.32. The first-order chi connectivity index (χ1) is 18.8. The van der Waals surface area contributed by atoms with Crippen LogP contribution in [0.15, 0.2) is 59.9 Å². The third kappa shape index (κ3) is 4.80. The summed E-state index contributed by atoms with van der Waals surface area (Å²) in [6.45, 7) is 4.29. The largest absolute Gasteiger partial charge is 0.369 e. The number of benzene rings is 1. The molecule has 3 aromatic rings. The Balaban J connectivity index is 1.39. The van der Waals surface area contributed by atoms with E-state index in [0.717, 1.165) is 47.2 Å². The van der Waals surface area contributed by atoms with Crippen LogP contribution in [0.4, 0.5) is 10.2 Å². The van der Waals surface area contributed by atoms with Crippen LogP contribution in [0.1, 0.15) is 68.3 Å². The summed E-state index contributed by atoms with van der Waals surface area (Å²) in [6, 6.07) is 10.2. The predicted octanol–water partition coefficient (Wildman–Crippen LogP) is 5.70. The third-order valence-electron chi connectivity index (χ3n) is 8.32. The number of pyridine rings is 1. The maximum absolute atomic E-state index is 13.7. The van der Waals surface area contributed by atoms with Crippen molar-refractivity contribution in [3.05, 3.63) is 82.7 Å². The van der Waals surface area contributed by atoms with Crippen LogP contribution in [0.2, 0.25) is 0 Å². The molecule has 8 heteroatoms. The van der Waals surface area contributed by atoms with Crippen molar-refractivity contribution >= 4 is 23.6 Å². The number of halogens is 1. The smallest absolute Gasteiger partial charge is 0.226 e. The van der Waals surface area contributed by atoms with E-state index in [1.165, 1.54) is 12.1 Å². The van der Waals surface area contributed by atoms with E-state index in [-0.39, 0.29) is 35.3 Å². The molecule has 1 aromatic carbocycles. The molecule has 1 saturated carbocycles. The van der Waals surface area contributed by atoms with E-state index >= 15 is 0 Å². The van der Waals surface area contributed by atoms with E-state index < -0.39 is 5.92 Å². The van der Waals surface area contributed by atoms with Crippen LogP contribution in [-0.2, 0) is 9.59 Å². The molecule has 2 aliphatic carbocycles. The zero-order chi connectivity index (χ0) is 27.3. The number of carbonyl (C=O) groups is 2. The molecule has 7 nitrogen and oxygen atoms in total. The fourth-order valence-corrected chi connectivity index (χ4v) is 5.98. The van der Waals surface area contributed by atoms with Gasteiger partial charge in [0.05, 0.1) is 17.3 Å². The number of nitrogens with two attached hydrogens (primary N) is 1. The lowest BCUT2D eigenvalue weighted by Gasteiger charge is -2.35. The second-order valence-corrected chi connectivity index (χ2v) is 11.3. The van der Waals surface area contributed by atoms with Crippen molar-refractivity contribution in [2.24, 2.45) is 23.5 Å². The zero-order valence-corrected chi connectivity index (χ0v) is 22.1. The predicted molar refractivity (Wildman–Crippen MR) is 148 cm³/mol. The number of nitrogens with one attached hydrogen (secondary N) is 2. The number of allylic oxidation sites excluding steroid dienone is 3. The Labute approximate surface area is 226 Å². The molecule has 3 heterocycles. The summed E-state index contributed by atoms with van der Waals surface area (Å²) in [7, 11) is 0.